The molecule has 1 aromatic carbocycles. The Bertz CT molecular complexity index is 1180. The maximum absolute atomic E-state index is 12.7. The summed E-state index contributed by atoms with van der Waals surface area (Å²) in [5.41, 5.74) is 1.93. The molecule has 0 radical (unpaired) electrons. The third-order valence-corrected chi connectivity index (χ3v) is 6.13. The molecule has 0 saturated heterocycles. The second-order valence-electron chi connectivity index (χ2n) is 6.58. The van der Waals surface area contributed by atoms with Crippen LogP contribution in [0.1, 0.15) is 34.7 Å². The molecule has 4 rings (SSSR count). The van der Waals surface area contributed by atoms with Crippen molar-refractivity contribution in [1.82, 2.24) is 9.97 Å². The van der Waals surface area contributed by atoms with Crippen molar-refractivity contribution in [1.29, 1.82) is 5.26 Å². The standard InChI is InChI=1S/C21H19N3O3S/c1-26-14-8-7-12(16(10-14)27-2)9-13(11-22)19-23-20(25)18-15-5-3-4-6-17(15)28-21(18)24-19/h7-10H,3-6H2,1-2H3,(H,23,24,25)/b13-9+. The van der Waals surface area contributed by atoms with Crippen LogP contribution in [-0.2, 0) is 12.8 Å². The van der Waals surface area contributed by atoms with E-state index in [4.69, 9.17) is 9.47 Å². The molecule has 0 aliphatic heterocycles. The Hall–Kier alpha value is -3.11. The number of nitrogens with zero attached hydrogens (tertiary/aromatic N) is 2. The Morgan fingerprint density at radius 1 is 1.29 bits per heavy atom. The van der Waals surface area contributed by atoms with Gasteiger partial charge in [-0.15, -0.1) is 11.3 Å². The Morgan fingerprint density at radius 2 is 2.11 bits per heavy atom. The van der Waals surface area contributed by atoms with Gasteiger partial charge in [0.15, 0.2) is 5.82 Å². The van der Waals surface area contributed by atoms with Crippen LogP contribution in [0.4, 0.5) is 0 Å². The molecule has 3 aromatic rings. The zero-order valence-electron chi connectivity index (χ0n) is 15.7. The molecule has 142 valence electrons. The second kappa shape index (κ2) is 7.49. The molecule has 0 atom stereocenters. The number of nitriles is 1. The number of ether oxygens (including phenoxy) is 2. The molecular formula is C21H19N3O3S. The van der Waals surface area contributed by atoms with Crippen LogP contribution in [0.25, 0.3) is 21.9 Å². The number of hydrogen-bond donors (Lipinski definition) is 1. The highest BCUT2D eigenvalue weighted by atomic mass is 32.1. The van der Waals surface area contributed by atoms with Gasteiger partial charge < -0.3 is 14.5 Å². The van der Waals surface area contributed by atoms with E-state index < -0.39 is 0 Å². The van der Waals surface area contributed by atoms with Crippen LogP contribution in [-0.4, -0.2) is 24.2 Å². The van der Waals surface area contributed by atoms with Gasteiger partial charge in [0.25, 0.3) is 5.56 Å². The number of rotatable bonds is 4. The van der Waals surface area contributed by atoms with Gasteiger partial charge in [0.2, 0.25) is 0 Å². The number of aryl methyl sites for hydroxylation is 2. The van der Waals surface area contributed by atoms with Gasteiger partial charge in [-0.3, -0.25) is 4.79 Å². The lowest BCUT2D eigenvalue weighted by Gasteiger charge is -2.09. The fourth-order valence-electron chi connectivity index (χ4n) is 3.54. The summed E-state index contributed by atoms with van der Waals surface area (Å²) in [6.45, 7) is 0. The van der Waals surface area contributed by atoms with E-state index in [0.717, 1.165) is 31.2 Å². The fourth-order valence-corrected chi connectivity index (χ4v) is 4.80. The number of allylic oxidation sites excluding steroid dienone is 1. The van der Waals surface area contributed by atoms with Gasteiger partial charge in [-0.25, -0.2) is 4.98 Å². The normalized spacial score (nSPS) is 13.8. The first-order chi connectivity index (χ1) is 13.6. The summed E-state index contributed by atoms with van der Waals surface area (Å²) < 4.78 is 10.6. The third-order valence-electron chi connectivity index (χ3n) is 4.94. The molecule has 1 N–H and O–H groups in total. The Labute approximate surface area is 166 Å². The number of benzene rings is 1. The van der Waals surface area contributed by atoms with Crippen LogP contribution >= 0.6 is 11.3 Å². The average Bonchev–Trinajstić information content (AvgIpc) is 3.10. The molecule has 7 heteroatoms. The summed E-state index contributed by atoms with van der Waals surface area (Å²) in [6, 6.07) is 7.48. The first-order valence-corrected chi connectivity index (χ1v) is 9.85. The van der Waals surface area contributed by atoms with Gasteiger partial charge in [-0.05, 0) is 49.5 Å². The van der Waals surface area contributed by atoms with Gasteiger partial charge in [-0.1, -0.05) is 0 Å². The van der Waals surface area contributed by atoms with Gasteiger partial charge in [0, 0.05) is 16.5 Å². The van der Waals surface area contributed by atoms with Crippen LogP contribution in [0, 0.1) is 11.3 Å². The molecule has 0 fully saturated rings. The predicted octanol–water partition coefficient (Wildman–Crippen LogP) is 3.94. The zero-order chi connectivity index (χ0) is 19.7. The molecule has 1 aliphatic rings. The van der Waals surface area contributed by atoms with Crippen molar-refractivity contribution in [3.63, 3.8) is 0 Å². The van der Waals surface area contributed by atoms with E-state index in [9.17, 15) is 10.1 Å². The molecule has 0 unspecified atom stereocenters. The molecule has 6 nitrogen and oxygen atoms in total. The van der Waals surface area contributed by atoms with Crippen molar-refractivity contribution in [2.24, 2.45) is 0 Å². The lowest BCUT2D eigenvalue weighted by atomic mass is 9.97. The monoisotopic (exact) mass is 393 g/mol. The Morgan fingerprint density at radius 3 is 2.86 bits per heavy atom. The van der Waals surface area contributed by atoms with E-state index in [1.165, 1.54) is 4.88 Å². The van der Waals surface area contributed by atoms with Crippen LogP contribution in [0.2, 0.25) is 0 Å². The SMILES string of the molecule is COc1ccc(/C=C(\C#N)c2nc3sc4c(c3c(=O)[nH]2)CCCC4)c(OC)c1. The molecule has 0 spiro atoms. The number of fused-ring (bicyclic) bond motifs is 3. The number of thiophene rings is 1. The molecule has 0 bridgehead atoms. The summed E-state index contributed by atoms with van der Waals surface area (Å²) in [4.78, 5) is 22.1. The Kier molecular flexibility index (Phi) is 4.88. The molecule has 0 saturated carbocycles. The van der Waals surface area contributed by atoms with E-state index >= 15 is 0 Å². The number of methoxy groups -OCH3 is 2. The van der Waals surface area contributed by atoms with E-state index in [2.05, 4.69) is 16.0 Å². The highest BCUT2D eigenvalue weighted by molar-refractivity contribution is 7.18. The predicted molar refractivity (Wildman–Crippen MR) is 110 cm³/mol. The van der Waals surface area contributed by atoms with Crippen molar-refractivity contribution in [2.45, 2.75) is 25.7 Å². The molecular weight excluding hydrogens is 374 g/mol. The lowest BCUT2D eigenvalue weighted by molar-refractivity contribution is 0.394. The number of H-pyrrole nitrogens is 1. The van der Waals surface area contributed by atoms with E-state index in [0.29, 0.717) is 27.3 Å². The van der Waals surface area contributed by atoms with Gasteiger partial charge in [-0.2, -0.15) is 5.26 Å². The lowest BCUT2D eigenvalue weighted by Crippen LogP contribution is -2.12. The number of hydrogen-bond acceptors (Lipinski definition) is 6. The van der Waals surface area contributed by atoms with E-state index in [1.54, 1.807) is 49.8 Å². The van der Waals surface area contributed by atoms with Crippen molar-refractivity contribution in [2.75, 3.05) is 14.2 Å². The fraction of sp³-hybridized carbons (Fsp3) is 0.286. The highest BCUT2D eigenvalue weighted by Crippen LogP contribution is 2.34. The zero-order valence-corrected chi connectivity index (χ0v) is 16.5. The topological polar surface area (TPSA) is 88.0 Å². The quantitative estimate of drug-likeness (QED) is 0.678. The Balaban J connectivity index is 1.83. The minimum absolute atomic E-state index is 0.178. The van der Waals surface area contributed by atoms with Crippen molar-refractivity contribution >= 4 is 33.2 Å². The second-order valence-corrected chi connectivity index (χ2v) is 7.67. The summed E-state index contributed by atoms with van der Waals surface area (Å²) >= 11 is 1.57. The maximum atomic E-state index is 12.7. The van der Waals surface area contributed by atoms with Crippen molar-refractivity contribution in [3.05, 3.63) is 50.4 Å². The van der Waals surface area contributed by atoms with Crippen LogP contribution in [0.5, 0.6) is 11.5 Å². The minimum Gasteiger partial charge on any atom is -0.497 e. The smallest absolute Gasteiger partial charge is 0.260 e. The minimum atomic E-state index is -0.178. The first-order valence-electron chi connectivity index (χ1n) is 9.03. The first kappa shape index (κ1) is 18.3. The van der Waals surface area contributed by atoms with E-state index in [1.807, 2.05) is 0 Å². The summed E-state index contributed by atoms with van der Waals surface area (Å²) in [5.74, 6) is 1.50. The van der Waals surface area contributed by atoms with Gasteiger partial charge in [0.05, 0.1) is 25.2 Å². The highest BCUT2D eigenvalue weighted by Gasteiger charge is 2.20. The van der Waals surface area contributed by atoms with Crippen LogP contribution in [0.15, 0.2) is 23.0 Å². The summed E-state index contributed by atoms with van der Waals surface area (Å²) in [6.07, 6.45) is 5.82. The van der Waals surface area contributed by atoms with Crippen LogP contribution < -0.4 is 15.0 Å². The summed E-state index contributed by atoms with van der Waals surface area (Å²) in [5, 5.41) is 10.4. The van der Waals surface area contributed by atoms with Gasteiger partial charge in [0.1, 0.15) is 22.4 Å². The molecule has 1 aliphatic carbocycles. The van der Waals surface area contributed by atoms with Crippen LogP contribution in [0.3, 0.4) is 0 Å². The summed E-state index contributed by atoms with van der Waals surface area (Å²) in [7, 11) is 3.13. The van der Waals surface area contributed by atoms with Gasteiger partial charge >= 0.3 is 0 Å². The van der Waals surface area contributed by atoms with E-state index in [-0.39, 0.29) is 17.0 Å². The largest absolute Gasteiger partial charge is 0.497 e. The molecule has 0 amide bonds. The molecule has 2 aromatic heterocycles. The average molecular weight is 393 g/mol. The maximum Gasteiger partial charge on any atom is 0.260 e. The third kappa shape index (κ3) is 3.16. The molecule has 28 heavy (non-hydrogen) atoms. The number of nitrogens with one attached hydrogen (secondary N) is 1. The molecule has 2 heterocycles. The van der Waals surface area contributed by atoms with Crippen molar-refractivity contribution in [3.8, 4) is 17.6 Å². The van der Waals surface area contributed by atoms with Crippen molar-refractivity contribution < 1.29 is 9.47 Å². The number of aromatic nitrogens is 2. The number of aromatic amines is 1.